The van der Waals surface area contributed by atoms with Crippen molar-refractivity contribution < 1.29 is 14.3 Å². The molecule has 0 radical (unpaired) electrons. The highest BCUT2D eigenvalue weighted by atomic mass is 16.7. The van der Waals surface area contributed by atoms with E-state index in [1.165, 1.54) is 0 Å². The maximum Gasteiger partial charge on any atom is 0.254 e. The highest BCUT2D eigenvalue weighted by Gasteiger charge is 2.47. The lowest BCUT2D eigenvalue weighted by molar-refractivity contribution is -0.123. The summed E-state index contributed by atoms with van der Waals surface area (Å²) in [5, 5.41) is 0. The lowest BCUT2D eigenvalue weighted by Gasteiger charge is -2.39. The second kappa shape index (κ2) is 8.70. The number of aromatic amines is 1. The van der Waals surface area contributed by atoms with Crippen LogP contribution >= 0.6 is 0 Å². The zero-order valence-corrected chi connectivity index (χ0v) is 21.8. The monoisotopic (exact) mass is 479 g/mol. The number of H-pyrrole nitrogens is 1. The van der Waals surface area contributed by atoms with Gasteiger partial charge in [0.15, 0.2) is 11.5 Å². The van der Waals surface area contributed by atoms with Crippen molar-refractivity contribution in [1.82, 2.24) is 14.8 Å². The van der Waals surface area contributed by atoms with E-state index in [4.69, 9.17) is 9.47 Å². The Morgan fingerprint density at radius 1 is 1.09 bits per heavy atom. The molecule has 1 aliphatic carbocycles. The highest BCUT2D eigenvalue weighted by molar-refractivity contribution is 5.99. The van der Waals surface area contributed by atoms with Gasteiger partial charge in [-0.15, -0.1) is 0 Å². The van der Waals surface area contributed by atoms with Gasteiger partial charge in [-0.05, 0) is 90.2 Å². The Bertz CT molecular complexity index is 1230. The summed E-state index contributed by atoms with van der Waals surface area (Å²) < 4.78 is 13.0. The fourth-order valence-electron chi connectivity index (χ4n) is 6.19. The zero-order valence-electron chi connectivity index (χ0n) is 21.8. The molecule has 1 saturated carbocycles. The second-order valence-corrected chi connectivity index (χ2v) is 11.0. The summed E-state index contributed by atoms with van der Waals surface area (Å²) in [4.78, 5) is 33.1. The van der Waals surface area contributed by atoms with Crippen LogP contribution in [-0.2, 0) is 13.0 Å². The van der Waals surface area contributed by atoms with E-state index in [1.807, 2.05) is 39.8 Å². The molecule has 7 nitrogen and oxygen atoms in total. The van der Waals surface area contributed by atoms with Crippen molar-refractivity contribution >= 4 is 5.91 Å². The Morgan fingerprint density at radius 3 is 2.46 bits per heavy atom. The van der Waals surface area contributed by atoms with Crippen LogP contribution in [0.1, 0.15) is 70.9 Å². The summed E-state index contributed by atoms with van der Waals surface area (Å²) in [7, 11) is 4.30. The molecule has 0 saturated heterocycles. The second-order valence-electron chi connectivity index (χ2n) is 11.0. The van der Waals surface area contributed by atoms with Crippen LogP contribution in [0.4, 0.5) is 0 Å². The zero-order chi connectivity index (χ0) is 25.1. The summed E-state index contributed by atoms with van der Waals surface area (Å²) in [5.74, 6) is 1.01. The summed E-state index contributed by atoms with van der Waals surface area (Å²) in [6, 6.07) is 4.57. The van der Waals surface area contributed by atoms with Gasteiger partial charge in [-0.3, -0.25) is 9.59 Å². The number of aryl methyl sites for hydroxylation is 2. The van der Waals surface area contributed by atoms with E-state index in [0.717, 1.165) is 60.2 Å². The molecule has 1 aromatic heterocycles. The summed E-state index contributed by atoms with van der Waals surface area (Å²) in [5.41, 5.74) is 4.80. The molecule has 5 rings (SSSR count). The molecule has 1 fully saturated rings. The molecule has 1 aromatic carbocycles. The smallest absolute Gasteiger partial charge is 0.254 e. The van der Waals surface area contributed by atoms with Gasteiger partial charge in [0, 0.05) is 47.8 Å². The third-order valence-corrected chi connectivity index (χ3v) is 8.35. The Labute approximate surface area is 207 Å². The number of nitrogens with one attached hydrogen (secondary N) is 1. The molecule has 0 spiro atoms. The van der Waals surface area contributed by atoms with Gasteiger partial charge in [-0.2, -0.15) is 0 Å². The minimum absolute atomic E-state index is 0.0466. The number of ether oxygens (including phenoxy) is 2. The van der Waals surface area contributed by atoms with Crippen LogP contribution in [0.15, 0.2) is 16.9 Å². The Kier molecular flexibility index (Phi) is 5.94. The van der Waals surface area contributed by atoms with Crippen molar-refractivity contribution in [2.24, 2.45) is 5.92 Å². The quantitative estimate of drug-likeness (QED) is 0.715. The Morgan fingerprint density at radius 2 is 1.80 bits per heavy atom. The van der Waals surface area contributed by atoms with Gasteiger partial charge in [0.05, 0.1) is 6.54 Å². The summed E-state index contributed by atoms with van der Waals surface area (Å²) in [6.45, 7) is 8.68. The fourth-order valence-corrected chi connectivity index (χ4v) is 6.19. The topological polar surface area (TPSA) is 74.9 Å². The van der Waals surface area contributed by atoms with E-state index < -0.39 is 5.79 Å². The molecule has 3 aliphatic rings. The van der Waals surface area contributed by atoms with E-state index in [0.29, 0.717) is 41.9 Å². The first kappa shape index (κ1) is 23.9. The summed E-state index contributed by atoms with van der Waals surface area (Å²) >= 11 is 0. The van der Waals surface area contributed by atoms with Gasteiger partial charge in [-0.1, -0.05) is 0 Å². The molecular formula is C28H37N3O4. The van der Waals surface area contributed by atoms with E-state index in [1.54, 1.807) is 4.90 Å². The maximum atomic E-state index is 13.6. The number of pyridine rings is 1. The van der Waals surface area contributed by atoms with E-state index in [2.05, 4.69) is 24.0 Å². The third-order valence-electron chi connectivity index (χ3n) is 8.35. The number of aromatic nitrogens is 1. The van der Waals surface area contributed by atoms with Crippen molar-refractivity contribution in [2.45, 2.75) is 78.2 Å². The predicted octanol–water partition coefficient (Wildman–Crippen LogP) is 4.11. The number of fused-ring (bicyclic) bond motifs is 2. The first-order chi connectivity index (χ1) is 16.6. The predicted molar refractivity (Wildman–Crippen MR) is 135 cm³/mol. The van der Waals surface area contributed by atoms with Gasteiger partial charge in [0.1, 0.15) is 0 Å². The summed E-state index contributed by atoms with van der Waals surface area (Å²) in [6.07, 6.45) is 5.12. The first-order valence-electron chi connectivity index (χ1n) is 12.8. The average Bonchev–Trinajstić information content (AvgIpc) is 3.15. The molecule has 2 aliphatic heterocycles. The number of carbonyl (C=O) groups is 1. The van der Waals surface area contributed by atoms with Crippen molar-refractivity contribution in [3.05, 3.63) is 56.0 Å². The van der Waals surface area contributed by atoms with Crippen LogP contribution in [-0.4, -0.2) is 53.2 Å². The average molecular weight is 480 g/mol. The maximum absolute atomic E-state index is 13.6. The van der Waals surface area contributed by atoms with Crippen LogP contribution < -0.4 is 15.0 Å². The number of hydrogen-bond acceptors (Lipinski definition) is 5. The molecule has 0 bridgehead atoms. The van der Waals surface area contributed by atoms with Crippen LogP contribution in [0, 0.1) is 26.7 Å². The van der Waals surface area contributed by atoms with Crippen LogP contribution in [0.2, 0.25) is 0 Å². The number of rotatable bonds is 4. The molecule has 1 amide bonds. The van der Waals surface area contributed by atoms with E-state index in [9.17, 15) is 9.59 Å². The number of carbonyl (C=O) groups excluding carboxylic acids is 1. The van der Waals surface area contributed by atoms with Crippen LogP contribution in [0.5, 0.6) is 11.5 Å². The molecule has 35 heavy (non-hydrogen) atoms. The fraction of sp³-hybridized carbons (Fsp3) is 0.571. The molecule has 2 aromatic rings. The Balaban J connectivity index is 1.38. The number of benzene rings is 1. The van der Waals surface area contributed by atoms with Gasteiger partial charge in [0.25, 0.3) is 17.3 Å². The van der Waals surface area contributed by atoms with Crippen LogP contribution in [0.25, 0.3) is 0 Å². The third kappa shape index (κ3) is 4.14. The van der Waals surface area contributed by atoms with E-state index >= 15 is 0 Å². The minimum Gasteiger partial charge on any atom is -0.448 e. The number of hydrogen-bond donors (Lipinski definition) is 1. The lowest BCUT2D eigenvalue weighted by atomic mass is 9.81. The largest absolute Gasteiger partial charge is 0.448 e. The normalized spacial score (nSPS) is 25.8. The number of nitrogens with zero attached hydrogens (tertiary/aromatic N) is 2. The molecular weight excluding hydrogens is 442 g/mol. The van der Waals surface area contributed by atoms with Crippen molar-refractivity contribution in [1.29, 1.82) is 0 Å². The molecule has 1 N–H and O–H groups in total. The lowest BCUT2D eigenvalue weighted by Crippen LogP contribution is -2.46. The van der Waals surface area contributed by atoms with Crippen molar-refractivity contribution in [2.75, 3.05) is 20.6 Å². The van der Waals surface area contributed by atoms with E-state index in [-0.39, 0.29) is 11.5 Å². The number of amides is 1. The minimum atomic E-state index is -0.705. The molecule has 188 valence electrons. The van der Waals surface area contributed by atoms with Crippen LogP contribution in [0.3, 0.4) is 0 Å². The van der Waals surface area contributed by atoms with Crippen molar-refractivity contribution in [3.63, 3.8) is 0 Å². The van der Waals surface area contributed by atoms with Gasteiger partial charge >= 0.3 is 0 Å². The van der Waals surface area contributed by atoms with Gasteiger partial charge in [-0.25, -0.2) is 0 Å². The SMILES string of the molecule is Cc1cc(C)c(CN2CCc3cc4c(c(C)c3C2=O)O[C@](C)(C2CCC(N(C)C)CC2)O4)c(=O)[nH]1. The molecule has 7 heteroatoms. The first-order valence-corrected chi connectivity index (χ1v) is 12.8. The highest BCUT2D eigenvalue weighted by Crippen LogP contribution is 2.50. The molecule has 3 heterocycles. The molecule has 0 unspecified atom stereocenters. The van der Waals surface area contributed by atoms with Crippen molar-refractivity contribution in [3.8, 4) is 11.5 Å². The standard InChI is InChI=1S/C28H37N3O4/c1-16-13-17(2)29-26(32)22(16)15-31-12-11-19-14-23-25(18(3)24(19)27(31)33)35-28(4,34-23)20-7-9-21(10-8-20)30(5)6/h13-14,20-21H,7-12,15H2,1-6H3,(H,29,32)/t20?,21?,28-/m1/s1. The van der Waals surface area contributed by atoms with Gasteiger partial charge < -0.3 is 24.3 Å². The van der Waals surface area contributed by atoms with Gasteiger partial charge in [0.2, 0.25) is 0 Å². The molecule has 1 atom stereocenters. The Hall–Kier alpha value is -2.80.